The van der Waals surface area contributed by atoms with Crippen molar-refractivity contribution in [3.05, 3.63) is 42.5 Å². The van der Waals surface area contributed by atoms with Crippen molar-refractivity contribution in [1.29, 1.82) is 0 Å². The van der Waals surface area contributed by atoms with Gasteiger partial charge in [0.2, 0.25) is 10.0 Å². The van der Waals surface area contributed by atoms with Crippen molar-refractivity contribution in [1.82, 2.24) is 4.72 Å². The first-order valence-corrected chi connectivity index (χ1v) is 8.44. The van der Waals surface area contributed by atoms with Gasteiger partial charge in [0.05, 0.1) is 11.0 Å². The molecule has 0 aliphatic heterocycles. The predicted octanol–water partition coefficient (Wildman–Crippen LogP) is 2.63. The summed E-state index contributed by atoms with van der Waals surface area (Å²) in [6.07, 6.45) is 1.18. The van der Waals surface area contributed by atoms with Gasteiger partial charge >= 0.3 is 0 Å². The van der Waals surface area contributed by atoms with E-state index in [9.17, 15) is 13.5 Å². The number of nitrogens with one attached hydrogen (secondary N) is 1. The Bertz CT molecular complexity index is 571. The second-order valence-corrected chi connectivity index (χ2v) is 8.11. The summed E-state index contributed by atoms with van der Waals surface area (Å²) in [4.78, 5) is 0.213. The van der Waals surface area contributed by atoms with E-state index in [1.807, 2.05) is 27.7 Å². The lowest BCUT2D eigenvalue weighted by molar-refractivity contribution is 0.0521. The standard InChI is InChI=1S/C16H25NO3S/c1-6-13(11-15(18)16(3,4)5)17-21(19,20)14-9-7-12(2)8-10-14/h6-10,13,15,17-18H,1,11H2,2-5H3/t13-,15+/m1/s1. The van der Waals surface area contributed by atoms with E-state index in [4.69, 9.17) is 0 Å². The van der Waals surface area contributed by atoms with E-state index in [1.54, 1.807) is 24.3 Å². The van der Waals surface area contributed by atoms with Gasteiger partial charge in [0.25, 0.3) is 0 Å². The lowest BCUT2D eigenvalue weighted by Gasteiger charge is -2.28. The molecule has 0 radical (unpaired) electrons. The van der Waals surface area contributed by atoms with Crippen molar-refractivity contribution in [3.8, 4) is 0 Å². The number of rotatable bonds is 6. The van der Waals surface area contributed by atoms with Crippen molar-refractivity contribution >= 4 is 10.0 Å². The topological polar surface area (TPSA) is 66.4 Å². The van der Waals surface area contributed by atoms with Crippen molar-refractivity contribution in [2.45, 2.75) is 51.2 Å². The molecule has 118 valence electrons. The molecule has 0 aromatic heterocycles. The molecule has 1 aromatic carbocycles. The van der Waals surface area contributed by atoms with Crippen molar-refractivity contribution in [2.75, 3.05) is 0 Å². The Morgan fingerprint density at radius 1 is 1.29 bits per heavy atom. The van der Waals surface area contributed by atoms with Crippen molar-refractivity contribution in [2.24, 2.45) is 5.41 Å². The summed E-state index contributed by atoms with van der Waals surface area (Å²) in [7, 11) is -3.61. The Morgan fingerprint density at radius 2 is 1.81 bits per heavy atom. The SMILES string of the molecule is C=C[C@H](C[C@H](O)C(C)(C)C)NS(=O)(=O)c1ccc(C)cc1. The minimum atomic E-state index is -3.61. The molecule has 0 bridgehead atoms. The third-order valence-electron chi connectivity index (χ3n) is 3.40. The highest BCUT2D eigenvalue weighted by atomic mass is 32.2. The molecule has 1 rings (SSSR count). The molecule has 4 nitrogen and oxygen atoms in total. The molecule has 5 heteroatoms. The lowest BCUT2D eigenvalue weighted by Crippen LogP contribution is -2.39. The maximum absolute atomic E-state index is 12.3. The van der Waals surface area contributed by atoms with Crippen LogP contribution >= 0.6 is 0 Å². The Labute approximate surface area is 127 Å². The smallest absolute Gasteiger partial charge is 0.241 e. The van der Waals surface area contributed by atoms with Crippen LogP contribution in [0.15, 0.2) is 41.8 Å². The van der Waals surface area contributed by atoms with E-state index >= 15 is 0 Å². The van der Waals surface area contributed by atoms with Crippen LogP contribution in [0.1, 0.15) is 32.8 Å². The third-order valence-corrected chi connectivity index (χ3v) is 4.91. The van der Waals surface area contributed by atoms with Crippen LogP contribution < -0.4 is 4.72 Å². The lowest BCUT2D eigenvalue weighted by atomic mass is 9.85. The van der Waals surface area contributed by atoms with Crippen LogP contribution in [0.2, 0.25) is 0 Å². The van der Waals surface area contributed by atoms with E-state index in [2.05, 4.69) is 11.3 Å². The average molecular weight is 311 g/mol. The molecule has 0 unspecified atom stereocenters. The van der Waals surface area contributed by atoms with Gasteiger partial charge in [-0.1, -0.05) is 44.5 Å². The summed E-state index contributed by atoms with van der Waals surface area (Å²) in [5.41, 5.74) is 0.689. The molecule has 0 fully saturated rings. The van der Waals surface area contributed by atoms with Crippen LogP contribution in [0.5, 0.6) is 0 Å². The summed E-state index contributed by atoms with van der Waals surface area (Å²) >= 11 is 0. The third kappa shape index (κ3) is 5.26. The number of hydrogen-bond acceptors (Lipinski definition) is 3. The molecular formula is C16H25NO3S. The monoisotopic (exact) mass is 311 g/mol. The largest absolute Gasteiger partial charge is 0.393 e. The van der Waals surface area contributed by atoms with Gasteiger partial charge in [-0.15, -0.1) is 6.58 Å². The van der Waals surface area contributed by atoms with Gasteiger partial charge in [-0.2, -0.15) is 0 Å². The molecule has 2 N–H and O–H groups in total. The molecule has 0 saturated heterocycles. The van der Waals surface area contributed by atoms with Crippen LogP contribution in [0.25, 0.3) is 0 Å². The fraction of sp³-hybridized carbons (Fsp3) is 0.500. The summed E-state index contributed by atoms with van der Waals surface area (Å²) in [5, 5.41) is 10.1. The molecule has 0 saturated carbocycles. The predicted molar refractivity (Wildman–Crippen MR) is 85.6 cm³/mol. The molecule has 2 atom stereocenters. The zero-order valence-corrected chi connectivity index (χ0v) is 13.9. The molecule has 21 heavy (non-hydrogen) atoms. The number of aliphatic hydroxyl groups excluding tert-OH is 1. The molecule has 0 aliphatic carbocycles. The van der Waals surface area contributed by atoms with Gasteiger partial charge in [-0.05, 0) is 30.9 Å². The van der Waals surface area contributed by atoms with Gasteiger partial charge in [-0.3, -0.25) is 0 Å². The van der Waals surface area contributed by atoms with Crippen LogP contribution in [-0.2, 0) is 10.0 Å². The summed E-state index contributed by atoms with van der Waals surface area (Å²) in [6.45, 7) is 11.3. The number of aryl methyl sites for hydroxylation is 1. The summed E-state index contributed by atoms with van der Waals surface area (Å²) in [5.74, 6) is 0. The molecule has 0 aliphatic rings. The van der Waals surface area contributed by atoms with Crippen LogP contribution in [0, 0.1) is 12.3 Å². The summed E-state index contributed by atoms with van der Waals surface area (Å²) < 4.78 is 27.2. The highest BCUT2D eigenvalue weighted by Gasteiger charge is 2.27. The van der Waals surface area contributed by atoms with Crippen molar-refractivity contribution < 1.29 is 13.5 Å². The second kappa shape index (κ2) is 6.73. The quantitative estimate of drug-likeness (QED) is 0.794. The number of benzene rings is 1. The van der Waals surface area contributed by atoms with E-state index in [0.717, 1.165) is 5.56 Å². The Morgan fingerprint density at radius 3 is 2.24 bits per heavy atom. The fourth-order valence-corrected chi connectivity index (χ4v) is 2.99. The van der Waals surface area contributed by atoms with Gasteiger partial charge < -0.3 is 5.11 Å². The van der Waals surface area contributed by atoms with Crippen molar-refractivity contribution in [3.63, 3.8) is 0 Å². The normalized spacial score (nSPS) is 15.5. The minimum Gasteiger partial charge on any atom is -0.393 e. The fourth-order valence-electron chi connectivity index (χ4n) is 1.77. The molecule has 0 heterocycles. The zero-order valence-electron chi connectivity index (χ0n) is 13.1. The molecule has 0 amide bonds. The molecule has 0 spiro atoms. The van der Waals surface area contributed by atoms with Crippen LogP contribution in [-0.4, -0.2) is 25.7 Å². The number of sulfonamides is 1. The van der Waals surface area contributed by atoms with E-state index in [-0.39, 0.29) is 16.7 Å². The van der Waals surface area contributed by atoms with Gasteiger partial charge in [0.15, 0.2) is 0 Å². The van der Waals surface area contributed by atoms with Gasteiger partial charge in [0.1, 0.15) is 0 Å². The first kappa shape index (κ1) is 17.9. The molecular weight excluding hydrogens is 286 g/mol. The second-order valence-electron chi connectivity index (χ2n) is 6.39. The van der Waals surface area contributed by atoms with Gasteiger partial charge in [0, 0.05) is 6.04 Å². The van der Waals surface area contributed by atoms with Gasteiger partial charge in [-0.25, -0.2) is 13.1 Å². The maximum Gasteiger partial charge on any atom is 0.241 e. The number of aliphatic hydroxyl groups is 1. The van der Waals surface area contributed by atoms with E-state index in [1.165, 1.54) is 6.08 Å². The Balaban J connectivity index is 2.85. The first-order chi connectivity index (χ1) is 9.56. The zero-order chi connectivity index (χ0) is 16.3. The van der Waals surface area contributed by atoms with Crippen LogP contribution in [0.4, 0.5) is 0 Å². The number of hydrogen-bond donors (Lipinski definition) is 2. The molecule has 1 aromatic rings. The first-order valence-electron chi connectivity index (χ1n) is 6.96. The van der Waals surface area contributed by atoms with E-state index in [0.29, 0.717) is 0 Å². The van der Waals surface area contributed by atoms with Crippen LogP contribution in [0.3, 0.4) is 0 Å². The average Bonchev–Trinajstić information content (AvgIpc) is 2.36. The highest BCUT2D eigenvalue weighted by molar-refractivity contribution is 7.89. The highest BCUT2D eigenvalue weighted by Crippen LogP contribution is 2.23. The minimum absolute atomic E-state index is 0.213. The maximum atomic E-state index is 12.3. The summed E-state index contributed by atoms with van der Waals surface area (Å²) in [6, 6.07) is 6.13. The van der Waals surface area contributed by atoms with E-state index < -0.39 is 22.2 Å². The Kier molecular flexibility index (Phi) is 5.73. The Hall–Kier alpha value is -1.17.